The predicted molar refractivity (Wildman–Crippen MR) is 70.8 cm³/mol. The lowest BCUT2D eigenvalue weighted by Gasteiger charge is -2.15. The third-order valence-corrected chi connectivity index (χ3v) is 2.73. The molecule has 0 spiro atoms. The van der Waals surface area contributed by atoms with Crippen LogP contribution in [0.1, 0.15) is 25.1 Å². The van der Waals surface area contributed by atoms with Gasteiger partial charge < -0.3 is 5.32 Å². The summed E-state index contributed by atoms with van der Waals surface area (Å²) in [5.74, 6) is 0. The van der Waals surface area contributed by atoms with E-state index in [1.807, 2.05) is 44.4 Å². The van der Waals surface area contributed by atoms with E-state index in [0.29, 0.717) is 0 Å². The predicted octanol–water partition coefficient (Wildman–Crippen LogP) is 2.86. The molecule has 0 aliphatic heterocycles. The minimum Gasteiger partial charge on any atom is -0.311 e. The lowest BCUT2D eigenvalue weighted by atomic mass is 10.1. The third-order valence-electron chi connectivity index (χ3n) is 2.73. The number of hydrogen-bond acceptors (Lipinski definition) is 3. The number of aromatic nitrogens is 2. The molecule has 0 saturated heterocycles. The Labute approximate surface area is 102 Å². The molecule has 0 radical (unpaired) electrons. The van der Waals surface area contributed by atoms with Gasteiger partial charge in [0.05, 0.1) is 29.0 Å². The van der Waals surface area contributed by atoms with E-state index in [2.05, 4.69) is 21.9 Å². The molecular formula is C14H17N3. The van der Waals surface area contributed by atoms with Crippen LogP contribution in [0.2, 0.25) is 0 Å². The van der Waals surface area contributed by atoms with Crippen molar-refractivity contribution >= 4 is 11.0 Å². The monoisotopic (exact) mass is 227 g/mol. The van der Waals surface area contributed by atoms with E-state index in [1.54, 1.807) is 0 Å². The van der Waals surface area contributed by atoms with Crippen LogP contribution in [-0.4, -0.2) is 17.0 Å². The van der Waals surface area contributed by atoms with E-state index < -0.39 is 0 Å². The molecule has 2 aromatic rings. The van der Waals surface area contributed by atoms with Gasteiger partial charge in [0.15, 0.2) is 0 Å². The first-order valence-electron chi connectivity index (χ1n) is 5.74. The molecule has 1 heterocycles. The Bertz CT molecular complexity index is 534. The van der Waals surface area contributed by atoms with Gasteiger partial charge in [-0.25, -0.2) is 4.98 Å². The van der Waals surface area contributed by atoms with Crippen LogP contribution < -0.4 is 5.32 Å². The van der Waals surface area contributed by atoms with Gasteiger partial charge in [-0.2, -0.15) is 0 Å². The van der Waals surface area contributed by atoms with Crippen molar-refractivity contribution in [2.75, 3.05) is 7.05 Å². The van der Waals surface area contributed by atoms with E-state index in [0.717, 1.165) is 28.7 Å². The van der Waals surface area contributed by atoms with E-state index in [9.17, 15) is 0 Å². The van der Waals surface area contributed by atoms with Gasteiger partial charge in [0, 0.05) is 0 Å². The van der Waals surface area contributed by atoms with Crippen LogP contribution >= 0.6 is 0 Å². The lowest BCUT2D eigenvalue weighted by Crippen LogP contribution is -2.18. The SMILES string of the molecule is C=C(C)CC(NC)c1cnc2ccccc2n1. The summed E-state index contributed by atoms with van der Waals surface area (Å²) in [5.41, 5.74) is 3.97. The summed E-state index contributed by atoms with van der Waals surface area (Å²) in [6.07, 6.45) is 2.72. The van der Waals surface area contributed by atoms with E-state index in [1.165, 1.54) is 0 Å². The maximum absolute atomic E-state index is 4.63. The van der Waals surface area contributed by atoms with E-state index in [-0.39, 0.29) is 6.04 Å². The number of benzene rings is 1. The van der Waals surface area contributed by atoms with Crippen LogP contribution in [-0.2, 0) is 0 Å². The topological polar surface area (TPSA) is 37.8 Å². The second-order valence-corrected chi connectivity index (χ2v) is 4.29. The average Bonchev–Trinajstić information content (AvgIpc) is 2.35. The van der Waals surface area contributed by atoms with Gasteiger partial charge >= 0.3 is 0 Å². The average molecular weight is 227 g/mol. The minimum absolute atomic E-state index is 0.185. The molecule has 1 unspecified atom stereocenters. The van der Waals surface area contributed by atoms with E-state index >= 15 is 0 Å². The highest BCUT2D eigenvalue weighted by Gasteiger charge is 2.11. The highest BCUT2D eigenvalue weighted by molar-refractivity contribution is 5.73. The molecule has 3 heteroatoms. The Morgan fingerprint density at radius 1 is 1.35 bits per heavy atom. The van der Waals surface area contributed by atoms with Gasteiger partial charge in [0.25, 0.3) is 0 Å². The van der Waals surface area contributed by atoms with Gasteiger partial charge in [-0.3, -0.25) is 4.98 Å². The highest BCUT2D eigenvalue weighted by atomic mass is 14.9. The Morgan fingerprint density at radius 2 is 2.06 bits per heavy atom. The molecule has 1 N–H and O–H groups in total. The lowest BCUT2D eigenvalue weighted by molar-refractivity contribution is 0.574. The zero-order valence-electron chi connectivity index (χ0n) is 10.3. The number of para-hydroxylation sites is 2. The first-order valence-corrected chi connectivity index (χ1v) is 5.74. The zero-order chi connectivity index (χ0) is 12.3. The van der Waals surface area contributed by atoms with Crippen molar-refractivity contribution in [2.45, 2.75) is 19.4 Å². The largest absolute Gasteiger partial charge is 0.311 e. The first-order chi connectivity index (χ1) is 8.20. The number of nitrogens with zero attached hydrogens (tertiary/aromatic N) is 2. The maximum Gasteiger partial charge on any atom is 0.0890 e. The van der Waals surface area contributed by atoms with Gasteiger partial charge in [-0.1, -0.05) is 17.7 Å². The van der Waals surface area contributed by atoms with Crippen LogP contribution in [0.25, 0.3) is 11.0 Å². The van der Waals surface area contributed by atoms with Crippen molar-refractivity contribution < 1.29 is 0 Å². The van der Waals surface area contributed by atoms with Crippen LogP contribution in [0, 0.1) is 0 Å². The molecule has 0 aliphatic rings. The molecule has 0 fully saturated rings. The molecule has 0 bridgehead atoms. The van der Waals surface area contributed by atoms with Gasteiger partial charge in [-0.05, 0) is 32.5 Å². The summed E-state index contributed by atoms with van der Waals surface area (Å²) in [4.78, 5) is 9.06. The number of rotatable bonds is 4. The summed E-state index contributed by atoms with van der Waals surface area (Å²) in [7, 11) is 1.93. The fourth-order valence-corrected chi connectivity index (χ4v) is 1.84. The molecule has 1 aromatic heterocycles. The Hall–Kier alpha value is -1.74. The fourth-order valence-electron chi connectivity index (χ4n) is 1.84. The van der Waals surface area contributed by atoms with Crippen LogP contribution in [0.4, 0.5) is 0 Å². The van der Waals surface area contributed by atoms with Crippen molar-refractivity contribution in [3.63, 3.8) is 0 Å². The molecular weight excluding hydrogens is 210 g/mol. The van der Waals surface area contributed by atoms with Crippen molar-refractivity contribution in [1.29, 1.82) is 0 Å². The Balaban J connectivity index is 2.37. The summed E-state index contributed by atoms with van der Waals surface area (Å²) in [6, 6.07) is 8.09. The standard InChI is InChI=1S/C14H17N3/c1-10(2)8-13(15-3)14-9-16-11-6-4-5-7-12(11)17-14/h4-7,9,13,15H,1,8H2,2-3H3. The first kappa shape index (κ1) is 11.7. The minimum atomic E-state index is 0.185. The van der Waals surface area contributed by atoms with E-state index in [4.69, 9.17) is 0 Å². The molecule has 0 saturated carbocycles. The zero-order valence-corrected chi connectivity index (χ0v) is 10.3. The highest BCUT2D eigenvalue weighted by Crippen LogP contribution is 2.19. The summed E-state index contributed by atoms with van der Waals surface area (Å²) in [6.45, 7) is 5.97. The van der Waals surface area contributed by atoms with Crippen molar-refractivity contribution in [3.8, 4) is 0 Å². The molecule has 3 nitrogen and oxygen atoms in total. The molecule has 88 valence electrons. The number of hydrogen-bond donors (Lipinski definition) is 1. The van der Waals surface area contributed by atoms with Gasteiger partial charge in [0.1, 0.15) is 0 Å². The third kappa shape index (κ3) is 2.68. The number of fused-ring (bicyclic) bond motifs is 1. The second-order valence-electron chi connectivity index (χ2n) is 4.29. The Kier molecular flexibility index (Phi) is 3.49. The molecule has 2 rings (SSSR count). The molecule has 1 aromatic carbocycles. The van der Waals surface area contributed by atoms with Crippen LogP contribution in [0.15, 0.2) is 42.6 Å². The van der Waals surface area contributed by atoms with Gasteiger partial charge in [-0.15, -0.1) is 6.58 Å². The molecule has 0 aliphatic carbocycles. The normalized spacial score (nSPS) is 12.6. The van der Waals surface area contributed by atoms with Crippen molar-refractivity contribution in [1.82, 2.24) is 15.3 Å². The van der Waals surface area contributed by atoms with Gasteiger partial charge in [0.2, 0.25) is 0 Å². The molecule has 0 amide bonds. The number of nitrogens with one attached hydrogen (secondary N) is 1. The second kappa shape index (κ2) is 5.06. The van der Waals surface area contributed by atoms with Crippen molar-refractivity contribution in [3.05, 3.63) is 48.3 Å². The van der Waals surface area contributed by atoms with Crippen LogP contribution in [0.5, 0.6) is 0 Å². The van der Waals surface area contributed by atoms with Crippen molar-refractivity contribution in [2.24, 2.45) is 0 Å². The molecule has 17 heavy (non-hydrogen) atoms. The van der Waals surface area contributed by atoms with Crippen LogP contribution in [0.3, 0.4) is 0 Å². The maximum atomic E-state index is 4.63. The fraction of sp³-hybridized carbons (Fsp3) is 0.286. The quantitative estimate of drug-likeness (QED) is 0.816. The smallest absolute Gasteiger partial charge is 0.0890 e. The summed E-state index contributed by atoms with van der Waals surface area (Å²) >= 11 is 0. The Morgan fingerprint density at radius 3 is 2.71 bits per heavy atom. The summed E-state index contributed by atoms with van der Waals surface area (Å²) < 4.78 is 0. The molecule has 1 atom stereocenters. The summed E-state index contributed by atoms with van der Waals surface area (Å²) in [5, 5.41) is 3.25.